The molecule has 1 fully saturated rings. The molecular weight excluding hydrogens is 423 g/mol. The molecule has 2 aromatic rings. The molecule has 3 rings (SSSR count). The summed E-state index contributed by atoms with van der Waals surface area (Å²) in [7, 11) is -2.35. The Bertz CT molecular complexity index is 928. The summed E-state index contributed by atoms with van der Waals surface area (Å²) in [6.45, 7) is 2.02. The van der Waals surface area contributed by atoms with E-state index in [1.165, 1.54) is 31.3 Å². The highest BCUT2D eigenvalue weighted by atomic mass is 35.5. The van der Waals surface area contributed by atoms with E-state index in [4.69, 9.17) is 23.2 Å². The van der Waals surface area contributed by atoms with E-state index in [1.54, 1.807) is 17.2 Å². The second-order valence-electron chi connectivity index (χ2n) is 6.42. The fraction of sp³-hybridized carbons (Fsp3) is 0.333. The fourth-order valence-corrected chi connectivity index (χ4v) is 4.26. The van der Waals surface area contributed by atoms with Gasteiger partial charge in [-0.25, -0.2) is 13.4 Å². The molecule has 0 saturated carbocycles. The topological polar surface area (TPSA) is 73.8 Å². The molecule has 0 bridgehead atoms. The van der Waals surface area contributed by atoms with Gasteiger partial charge in [0.05, 0.1) is 16.5 Å². The third-order valence-electron chi connectivity index (χ3n) is 4.55. The summed E-state index contributed by atoms with van der Waals surface area (Å²) in [6.07, 6.45) is 1.59. The van der Waals surface area contributed by atoms with Crippen molar-refractivity contribution in [2.45, 2.75) is 4.90 Å². The Morgan fingerprint density at radius 1 is 1.04 bits per heavy atom. The first kappa shape index (κ1) is 20.9. The fourth-order valence-electron chi connectivity index (χ4n) is 2.90. The van der Waals surface area contributed by atoms with Gasteiger partial charge in [0.1, 0.15) is 5.82 Å². The van der Waals surface area contributed by atoms with Crippen LogP contribution in [0.15, 0.2) is 47.5 Å². The number of halogens is 2. The molecule has 1 aromatic carbocycles. The second kappa shape index (κ2) is 8.65. The largest absolute Gasteiger partial charge is 0.353 e. The highest BCUT2D eigenvalue weighted by Crippen LogP contribution is 2.19. The Morgan fingerprint density at radius 2 is 1.64 bits per heavy atom. The van der Waals surface area contributed by atoms with Gasteiger partial charge in [0.25, 0.3) is 0 Å². The highest BCUT2D eigenvalue weighted by Gasteiger charge is 2.27. The van der Waals surface area contributed by atoms with Crippen LogP contribution in [0.4, 0.5) is 5.82 Å². The number of pyridine rings is 1. The van der Waals surface area contributed by atoms with Crippen LogP contribution in [0.2, 0.25) is 10.0 Å². The van der Waals surface area contributed by atoms with Crippen LogP contribution in [0.1, 0.15) is 0 Å². The molecular formula is C18H20Cl2N4O3S. The summed E-state index contributed by atoms with van der Waals surface area (Å²) in [4.78, 5) is 20.7. The van der Waals surface area contributed by atoms with Crippen LogP contribution in [-0.4, -0.2) is 68.3 Å². The lowest BCUT2D eigenvalue weighted by molar-refractivity contribution is -0.131. The molecule has 2 heterocycles. The quantitative estimate of drug-likeness (QED) is 0.710. The summed E-state index contributed by atoms with van der Waals surface area (Å²) in [5.74, 6) is 0.572. The average molecular weight is 443 g/mol. The molecule has 150 valence electrons. The molecule has 0 aliphatic carbocycles. The first-order valence-electron chi connectivity index (χ1n) is 8.63. The summed E-state index contributed by atoms with van der Waals surface area (Å²) in [6, 6.07) is 9.49. The first-order chi connectivity index (χ1) is 13.3. The van der Waals surface area contributed by atoms with Crippen molar-refractivity contribution in [2.75, 3.05) is 44.7 Å². The average Bonchev–Trinajstić information content (AvgIpc) is 2.69. The number of benzene rings is 1. The zero-order valence-electron chi connectivity index (χ0n) is 15.3. The highest BCUT2D eigenvalue weighted by molar-refractivity contribution is 7.89. The normalized spacial score (nSPS) is 15.1. The molecule has 28 heavy (non-hydrogen) atoms. The minimum absolute atomic E-state index is 0.103. The minimum Gasteiger partial charge on any atom is -0.353 e. The summed E-state index contributed by atoms with van der Waals surface area (Å²) >= 11 is 11.7. The molecule has 1 amide bonds. The third-order valence-corrected chi connectivity index (χ3v) is 6.84. The van der Waals surface area contributed by atoms with Crippen LogP contribution < -0.4 is 4.90 Å². The van der Waals surface area contributed by atoms with Gasteiger partial charge in [-0.2, -0.15) is 4.31 Å². The van der Waals surface area contributed by atoms with Gasteiger partial charge in [0, 0.05) is 44.4 Å². The van der Waals surface area contributed by atoms with Gasteiger partial charge in [-0.05, 0) is 36.4 Å². The Balaban J connectivity index is 1.58. The number of hydrogen-bond donors (Lipinski definition) is 0. The molecule has 1 aromatic heterocycles. The first-order valence-corrected chi connectivity index (χ1v) is 10.8. The minimum atomic E-state index is -3.75. The number of likely N-dealkylation sites (N-methyl/N-ethyl adjacent to an activating group) is 1. The zero-order valence-corrected chi connectivity index (χ0v) is 17.6. The second-order valence-corrected chi connectivity index (χ2v) is 9.34. The van der Waals surface area contributed by atoms with Crippen LogP contribution >= 0.6 is 23.2 Å². The lowest BCUT2D eigenvalue weighted by Crippen LogP contribution is -2.51. The number of carbonyl (C=O) groups excluding carboxylic acids is 1. The summed E-state index contributed by atoms with van der Waals surface area (Å²) < 4.78 is 26.3. The van der Waals surface area contributed by atoms with Gasteiger partial charge < -0.3 is 9.80 Å². The molecule has 0 atom stereocenters. The predicted molar refractivity (Wildman–Crippen MR) is 109 cm³/mol. The Kier molecular flexibility index (Phi) is 6.44. The Labute approximate surface area is 174 Å². The van der Waals surface area contributed by atoms with E-state index in [9.17, 15) is 13.2 Å². The van der Waals surface area contributed by atoms with Crippen molar-refractivity contribution in [3.8, 4) is 0 Å². The molecule has 0 unspecified atom stereocenters. The molecule has 1 aliphatic heterocycles. The molecule has 10 heteroatoms. The number of rotatable bonds is 5. The van der Waals surface area contributed by atoms with Crippen LogP contribution in [0, 0.1) is 0 Å². The summed E-state index contributed by atoms with van der Waals surface area (Å²) in [5.41, 5.74) is 0. The van der Waals surface area contributed by atoms with E-state index in [1.807, 2.05) is 6.07 Å². The number of aromatic nitrogens is 1. The monoisotopic (exact) mass is 442 g/mol. The SMILES string of the molecule is CN(CC(=O)N1CCN(c2ccc(Cl)cn2)CC1)S(=O)(=O)c1ccc(Cl)cc1. The number of nitrogens with zero attached hydrogens (tertiary/aromatic N) is 4. The molecule has 1 aliphatic rings. The van der Waals surface area contributed by atoms with Crippen molar-refractivity contribution in [3.05, 3.63) is 52.6 Å². The van der Waals surface area contributed by atoms with Gasteiger partial charge in [0.15, 0.2) is 0 Å². The maximum atomic E-state index is 12.6. The predicted octanol–water partition coefficient (Wildman–Crippen LogP) is 2.36. The van der Waals surface area contributed by atoms with Gasteiger partial charge in [-0.1, -0.05) is 23.2 Å². The van der Waals surface area contributed by atoms with E-state index in [2.05, 4.69) is 9.88 Å². The zero-order chi connectivity index (χ0) is 20.3. The van der Waals surface area contributed by atoms with Gasteiger partial charge in [-0.3, -0.25) is 4.79 Å². The van der Waals surface area contributed by atoms with Crippen molar-refractivity contribution >= 4 is 45.0 Å². The molecule has 1 saturated heterocycles. The number of hydrogen-bond acceptors (Lipinski definition) is 5. The summed E-state index contributed by atoms with van der Waals surface area (Å²) in [5, 5.41) is 1.02. The maximum absolute atomic E-state index is 12.6. The van der Waals surface area contributed by atoms with Crippen LogP contribution in [0.25, 0.3) is 0 Å². The van der Waals surface area contributed by atoms with Gasteiger partial charge >= 0.3 is 0 Å². The van der Waals surface area contributed by atoms with E-state index in [-0.39, 0.29) is 17.3 Å². The van der Waals surface area contributed by atoms with Crippen molar-refractivity contribution in [1.29, 1.82) is 0 Å². The molecule has 0 radical (unpaired) electrons. The number of sulfonamides is 1. The van der Waals surface area contributed by atoms with Crippen LogP contribution in [0.3, 0.4) is 0 Å². The smallest absolute Gasteiger partial charge is 0.243 e. The van der Waals surface area contributed by atoms with Crippen molar-refractivity contribution in [2.24, 2.45) is 0 Å². The van der Waals surface area contributed by atoms with Gasteiger partial charge in [0.2, 0.25) is 15.9 Å². The number of carbonyl (C=O) groups is 1. The van der Waals surface area contributed by atoms with E-state index >= 15 is 0 Å². The molecule has 0 spiro atoms. The Morgan fingerprint density at radius 3 is 2.21 bits per heavy atom. The standard InChI is InChI=1S/C18H20Cl2N4O3S/c1-22(28(26,27)16-5-2-14(19)3-6-16)13-18(25)24-10-8-23(9-11-24)17-7-4-15(20)12-21-17/h2-7,12H,8-11,13H2,1H3. The number of anilines is 1. The van der Waals surface area contributed by atoms with Crippen LogP contribution in [-0.2, 0) is 14.8 Å². The molecule has 7 nitrogen and oxygen atoms in total. The lowest BCUT2D eigenvalue weighted by Gasteiger charge is -2.36. The van der Waals surface area contributed by atoms with Crippen molar-refractivity contribution in [1.82, 2.24) is 14.2 Å². The van der Waals surface area contributed by atoms with E-state index in [0.717, 1.165) is 10.1 Å². The van der Waals surface area contributed by atoms with E-state index < -0.39 is 10.0 Å². The Hall–Kier alpha value is -1.87. The van der Waals surface area contributed by atoms with Gasteiger partial charge in [-0.15, -0.1) is 0 Å². The lowest BCUT2D eigenvalue weighted by atomic mass is 10.3. The van der Waals surface area contributed by atoms with Crippen LogP contribution in [0.5, 0.6) is 0 Å². The number of amides is 1. The van der Waals surface area contributed by atoms with Crippen molar-refractivity contribution < 1.29 is 13.2 Å². The number of piperazine rings is 1. The van der Waals surface area contributed by atoms with E-state index in [0.29, 0.717) is 36.2 Å². The maximum Gasteiger partial charge on any atom is 0.243 e. The van der Waals surface area contributed by atoms with Crippen molar-refractivity contribution in [3.63, 3.8) is 0 Å². The third kappa shape index (κ3) is 4.75. The molecule has 0 N–H and O–H groups in total.